The molecule has 3 nitrogen and oxygen atoms in total. The number of nitrogens with zero attached hydrogens (tertiary/aromatic N) is 2. The Morgan fingerprint density at radius 2 is 2.06 bits per heavy atom. The van der Waals surface area contributed by atoms with Crippen molar-refractivity contribution in [2.24, 2.45) is 0 Å². The lowest BCUT2D eigenvalue weighted by molar-refractivity contribution is 0.673. The summed E-state index contributed by atoms with van der Waals surface area (Å²) in [5.41, 5.74) is 8.87. The molecule has 0 unspecified atom stereocenters. The van der Waals surface area contributed by atoms with Crippen molar-refractivity contribution in [1.82, 2.24) is 4.98 Å². The zero-order chi connectivity index (χ0) is 13.1. The second kappa shape index (κ2) is 5.25. The van der Waals surface area contributed by atoms with E-state index in [-0.39, 0.29) is 0 Å². The fourth-order valence-corrected chi connectivity index (χ4v) is 2.33. The highest BCUT2D eigenvalue weighted by atomic mass is 15.1. The van der Waals surface area contributed by atoms with Crippen LogP contribution in [-0.4, -0.2) is 17.6 Å². The average molecular weight is 243 g/mol. The van der Waals surface area contributed by atoms with Crippen molar-refractivity contribution in [2.75, 3.05) is 17.2 Å². The summed E-state index contributed by atoms with van der Waals surface area (Å²) in [5, 5.41) is 1.14. The van der Waals surface area contributed by atoms with E-state index in [0.29, 0.717) is 6.04 Å². The summed E-state index contributed by atoms with van der Waals surface area (Å²) in [5.74, 6) is 0. The monoisotopic (exact) mass is 243 g/mol. The van der Waals surface area contributed by atoms with Gasteiger partial charge in [-0.15, -0.1) is 0 Å². The summed E-state index contributed by atoms with van der Waals surface area (Å²) < 4.78 is 0. The number of anilines is 2. The van der Waals surface area contributed by atoms with Crippen molar-refractivity contribution in [3.05, 3.63) is 30.5 Å². The molecule has 1 heterocycles. The smallest absolute Gasteiger partial charge is 0.0951 e. The molecule has 0 spiro atoms. The van der Waals surface area contributed by atoms with Crippen LogP contribution in [0.1, 0.15) is 27.2 Å². The fraction of sp³-hybridized carbons (Fsp3) is 0.400. The second-order valence-corrected chi connectivity index (χ2v) is 4.86. The Bertz CT molecular complexity index is 534. The third-order valence-electron chi connectivity index (χ3n) is 3.18. The molecule has 0 saturated heterocycles. The number of hydrogen-bond donors (Lipinski definition) is 1. The first-order chi connectivity index (χ1) is 8.65. The van der Waals surface area contributed by atoms with E-state index in [1.165, 1.54) is 5.69 Å². The Labute approximate surface area is 109 Å². The minimum absolute atomic E-state index is 0.469. The number of rotatable bonds is 4. The first kappa shape index (κ1) is 12.7. The molecule has 1 aromatic heterocycles. The number of nitrogen functional groups attached to an aromatic ring is 1. The van der Waals surface area contributed by atoms with Crippen LogP contribution in [0.3, 0.4) is 0 Å². The molecule has 0 aliphatic carbocycles. The molecule has 3 heteroatoms. The lowest BCUT2D eigenvalue weighted by Gasteiger charge is -2.30. The lowest BCUT2D eigenvalue weighted by Crippen LogP contribution is -2.31. The van der Waals surface area contributed by atoms with Gasteiger partial charge in [-0.2, -0.15) is 0 Å². The van der Waals surface area contributed by atoms with Crippen molar-refractivity contribution < 1.29 is 0 Å². The average Bonchev–Trinajstić information content (AvgIpc) is 2.37. The topological polar surface area (TPSA) is 42.1 Å². The number of pyridine rings is 1. The maximum atomic E-state index is 5.99. The minimum Gasteiger partial charge on any atom is -0.397 e. The molecule has 2 N–H and O–H groups in total. The zero-order valence-electron chi connectivity index (χ0n) is 11.4. The van der Waals surface area contributed by atoms with Crippen LogP contribution < -0.4 is 10.6 Å². The molecule has 0 atom stereocenters. The quantitative estimate of drug-likeness (QED) is 0.836. The highest BCUT2D eigenvalue weighted by Crippen LogP contribution is 2.30. The molecule has 0 amide bonds. The molecule has 2 rings (SSSR count). The third-order valence-corrected chi connectivity index (χ3v) is 3.18. The van der Waals surface area contributed by atoms with E-state index in [9.17, 15) is 0 Å². The number of nitrogens with two attached hydrogens (primary N) is 1. The van der Waals surface area contributed by atoms with E-state index in [0.717, 1.165) is 29.6 Å². The summed E-state index contributed by atoms with van der Waals surface area (Å²) in [6, 6.07) is 8.59. The Kier molecular flexibility index (Phi) is 3.70. The maximum absolute atomic E-state index is 5.99. The van der Waals surface area contributed by atoms with Crippen molar-refractivity contribution in [2.45, 2.75) is 33.2 Å². The molecule has 2 aromatic rings. The predicted octanol–water partition coefficient (Wildman–Crippen LogP) is 3.44. The van der Waals surface area contributed by atoms with Gasteiger partial charge in [0.2, 0.25) is 0 Å². The molecular weight excluding hydrogens is 222 g/mol. The molecule has 18 heavy (non-hydrogen) atoms. The Hall–Kier alpha value is -1.77. The molecule has 0 aliphatic heterocycles. The molecule has 0 aliphatic rings. The van der Waals surface area contributed by atoms with Crippen LogP contribution in [0.2, 0.25) is 0 Å². The molecule has 1 aromatic carbocycles. The number of fused-ring (bicyclic) bond motifs is 1. The van der Waals surface area contributed by atoms with Gasteiger partial charge in [-0.25, -0.2) is 0 Å². The van der Waals surface area contributed by atoms with Gasteiger partial charge >= 0.3 is 0 Å². The van der Waals surface area contributed by atoms with Crippen LogP contribution in [0.4, 0.5) is 11.4 Å². The zero-order valence-corrected chi connectivity index (χ0v) is 11.4. The van der Waals surface area contributed by atoms with Crippen molar-refractivity contribution in [1.29, 1.82) is 0 Å². The first-order valence-electron chi connectivity index (χ1n) is 6.55. The molecule has 96 valence electrons. The van der Waals surface area contributed by atoms with Gasteiger partial charge in [0.25, 0.3) is 0 Å². The fourth-order valence-electron chi connectivity index (χ4n) is 2.33. The third kappa shape index (κ3) is 2.26. The Morgan fingerprint density at radius 1 is 1.28 bits per heavy atom. The largest absolute Gasteiger partial charge is 0.397 e. The van der Waals surface area contributed by atoms with Gasteiger partial charge in [0.05, 0.1) is 11.2 Å². The SMILES string of the molecule is CCCN(c1ccc(N)c2ncccc12)C(C)C. The lowest BCUT2D eigenvalue weighted by atomic mass is 10.1. The molecule has 0 fully saturated rings. The predicted molar refractivity (Wildman–Crippen MR) is 78.9 cm³/mol. The standard InChI is InChI=1S/C15H21N3/c1-4-10-18(11(2)3)14-8-7-13(16)15-12(14)6-5-9-17-15/h5-9,11H,4,10,16H2,1-3H3. The van der Waals surface area contributed by atoms with Gasteiger partial charge in [-0.3, -0.25) is 4.98 Å². The maximum Gasteiger partial charge on any atom is 0.0951 e. The van der Waals surface area contributed by atoms with E-state index in [2.05, 4.69) is 42.8 Å². The molecular formula is C15H21N3. The van der Waals surface area contributed by atoms with Gasteiger partial charge < -0.3 is 10.6 Å². The Balaban J connectivity index is 2.59. The van der Waals surface area contributed by atoms with Crippen LogP contribution in [0.25, 0.3) is 10.9 Å². The van der Waals surface area contributed by atoms with Gasteiger partial charge in [0.1, 0.15) is 0 Å². The normalized spacial score (nSPS) is 11.1. The van der Waals surface area contributed by atoms with Gasteiger partial charge in [0, 0.05) is 29.9 Å². The molecule has 0 saturated carbocycles. The number of benzene rings is 1. The van der Waals surface area contributed by atoms with Crippen molar-refractivity contribution in [3.8, 4) is 0 Å². The minimum atomic E-state index is 0.469. The molecule has 0 radical (unpaired) electrons. The highest BCUT2D eigenvalue weighted by molar-refractivity contribution is 5.98. The first-order valence-corrected chi connectivity index (χ1v) is 6.55. The van der Waals surface area contributed by atoms with Crippen LogP contribution >= 0.6 is 0 Å². The van der Waals surface area contributed by atoms with Crippen LogP contribution in [0, 0.1) is 0 Å². The Morgan fingerprint density at radius 3 is 2.72 bits per heavy atom. The molecule has 0 bridgehead atoms. The summed E-state index contributed by atoms with van der Waals surface area (Å²) >= 11 is 0. The van der Waals surface area contributed by atoms with E-state index >= 15 is 0 Å². The van der Waals surface area contributed by atoms with Gasteiger partial charge in [-0.05, 0) is 44.5 Å². The summed E-state index contributed by atoms with van der Waals surface area (Å²) in [6.07, 6.45) is 2.92. The van der Waals surface area contributed by atoms with Crippen LogP contribution in [0.15, 0.2) is 30.5 Å². The van der Waals surface area contributed by atoms with Crippen molar-refractivity contribution in [3.63, 3.8) is 0 Å². The van der Waals surface area contributed by atoms with Crippen molar-refractivity contribution >= 4 is 22.3 Å². The summed E-state index contributed by atoms with van der Waals surface area (Å²) in [7, 11) is 0. The van der Waals surface area contributed by atoms with Crippen LogP contribution in [-0.2, 0) is 0 Å². The summed E-state index contributed by atoms with van der Waals surface area (Å²) in [6.45, 7) is 7.68. The second-order valence-electron chi connectivity index (χ2n) is 4.86. The van der Waals surface area contributed by atoms with E-state index in [1.807, 2.05) is 12.1 Å². The number of aromatic nitrogens is 1. The van der Waals surface area contributed by atoms with E-state index < -0.39 is 0 Å². The number of hydrogen-bond acceptors (Lipinski definition) is 3. The van der Waals surface area contributed by atoms with Gasteiger partial charge in [-0.1, -0.05) is 6.92 Å². The van der Waals surface area contributed by atoms with Crippen LogP contribution in [0.5, 0.6) is 0 Å². The van der Waals surface area contributed by atoms with Gasteiger partial charge in [0.15, 0.2) is 0 Å². The van der Waals surface area contributed by atoms with E-state index in [1.54, 1.807) is 6.20 Å². The highest BCUT2D eigenvalue weighted by Gasteiger charge is 2.13. The van der Waals surface area contributed by atoms with E-state index in [4.69, 9.17) is 5.73 Å². The summed E-state index contributed by atoms with van der Waals surface area (Å²) in [4.78, 5) is 6.80.